The average Bonchev–Trinajstić information content (AvgIpc) is 3.26. The van der Waals surface area contributed by atoms with Crippen molar-refractivity contribution in [2.75, 3.05) is 19.2 Å². The number of halogens is 4. The molecule has 2 N–H and O–H groups in total. The Bertz CT molecular complexity index is 589. The van der Waals surface area contributed by atoms with Crippen molar-refractivity contribution >= 4 is 94.5 Å². The second-order valence-corrected chi connectivity index (χ2v) is 45.3. The normalized spacial score (nSPS) is 25.5. The van der Waals surface area contributed by atoms with Gasteiger partial charge in [0.15, 0.2) is 0 Å². The van der Waals surface area contributed by atoms with Gasteiger partial charge in [0.2, 0.25) is 0 Å². The molecule has 0 bridgehead atoms. The summed E-state index contributed by atoms with van der Waals surface area (Å²) in [7, 11) is 2.31. The first-order chi connectivity index (χ1) is 17.9. The summed E-state index contributed by atoms with van der Waals surface area (Å²) in [5.41, 5.74) is -0.0392. The van der Waals surface area contributed by atoms with E-state index in [4.69, 9.17) is 9.84 Å². The predicted molar refractivity (Wildman–Crippen MR) is 190 cm³/mol. The summed E-state index contributed by atoms with van der Waals surface area (Å²) in [5.74, 6) is 2.95. The maximum absolute atomic E-state index is 11.1. The van der Waals surface area contributed by atoms with Crippen LogP contribution in [0.3, 0.4) is 0 Å². The van der Waals surface area contributed by atoms with Crippen LogP contribution in [0.25, 0.3) is 0 Å². The third-order valence-corrected chi connectivity index (χ3v) is 7.05. The van der Waals surface area contributed by atoms with Crippen LogP contribution in [-0.4, -0.2) is 53.0 Å². The van der Waals surface area contributed by atoms with Crippen LogP contribution in [0.15, 0.2) is 12.7 Å². The second kappa shape index (κ2) is 27.9. The summed E-state index contributed by atoms with van der Waals surface area (Å²) >= 11 is 9.54. The molecule has 0 aromatic heterocycles. The van der Waals surface area contributed by atoms with Crippen LogP contribution in [0.1, 0.15) is 91.9 Å². The van der Waals surface area contributed by atoms with Crippen LogP contribution in [-0.2, 0) is 24.0 Å². The number of methoxy groups -OCH3 is 1. The van der Waals surface area contributed by atoms with Gasteiger partial charge >= 0.3 is 76.8 Å². The Morgan fingerprint density at radius 2 is 1.37 bits per heavy atom. The molecular formula is C27H51I4O6V. The van der Waals surface area contributed by atoms with Crippen molar-refractivity contribution in [3.05, 3.63) is 12.7 Å². The third-order valence-electron chi connectivity index (χ3n) is 7.05. The minimum atomic E-state index is -0.394. The minimum absolute atomic E-state index is 0.00926. The second-order valence-electron chi connectivity index (χ2n) is 9.97. The molecule has 0 unspecified atom stereocenters. The summed E-state index contributed by atoms with van der Waals surface area (Å²) in [6.45, 7) is 12.3. The van der Waals surface area contributed by atoms with Crippen LogP contribution < -0.4 is 0 Å². The summed E-state index contributed by atoms with van der Waals surface area (Å²) in [4.78, 5) is 22.6. The molecule has 0 amide bonds. The SMILES string of the molecule is C=CC(=O)OC.CC(C)C1CCC(O)CC1.CC(C)C1CCC2(CCC(=O)O2)CC1.CI.CO.[I][V]([I])[I]. The third kappa shape index (κ3) is 23.6. The van der Waals surface area contributed by atoms with E-state index in [2.05, 4.69) is 122 Å². The molecule has 0 radical (unpaired) electrons. The Kier molecular flexibility index (Phi) is 32.7. The van der Waals surface area contributed by atoms with E-state index in [0.717, 1.165) is 69.0 Å². The van der Waals surface area contributed by atoms with E-state index in [1.165, 1.54) is 32.8 Å². The number of rotatable bonds is 3. The van der Waals surface area contributed by atoms with Gasteiger partial charge in [0, 0.05) is 19.6 Å². The van der Waals surface area contributed by atoms with Gasteiger partial charge in [0.25, 0.3) is 0 Å². The number of aliphatic hydroxyl groups excluding tert-OH is 2. The van der Waals surface area contributed by atoms with Crippen LogP contribution in [0.4, 0.5) is 0 Å². The van der Waals surface area contributed by atoms with Crippen molar-refractivity contribution < 1.29 is 34.2 Å². The summed E-state index contributed by atoms with van der Waals surface area (Å²) < 4.78 is 9.62. The zero-order chi connectivity index (χ0) is 30.3. The molecule has 1 heterocycles. The van der Waals surface area contributed by atoms with Crippen molar-refractivity contribution in [1.29, 1.82) is 0 Å². The van der Waals surface area contributed by atoms with Gasteiger partial charge in [-0.3, -0.25) is 4.79 Å². The fraction of sp³-hybridized carbons (Fsp3) is 0.852. The molecule has 0 aromatic rings. The topological polar surface area (TPSA) is 93.1 Å². The molecule has 3 aliphatic rings. The van der Waals surface area contributed by atoms with Gasteiger partial charge in [-0.15, -0.1) is 0 Å². The number of carbonyl (C=O) groups is 2. The molecule has 0 atom stereocenters. The Morgan fingerprint density at radius 3 is 1.63 bits per heavy atom. The molecular weight excluding hydrogens is 979 g/mol. The Balaban J connectivity index is -0.000000449. The van der Waals surface area contributed by atoms with Crippen LogP contribution >= 0.6 is 82.5 Å². The molecule has 6 nitrogen and oxygen atoms in total. The first-order valence-corrected chi connectivity index (χ1v) is 28.7. The predicted octanol–water partition coefficient (Wildman–Crippen LogP) is 8.76. The first kappa shape index (κ1) is 44.5. The van der Waals surface area contributed by atoms with E-state index in [0.29, 0.717) is 6.42 Å². The summed E-state index contributed by atoms with van der Waals surface area (Å²) in [6, 6.07) is 0. The Morgan fingerprint density at radius 1 is 0.974 bits per heavy atom. The van der Waals surface area contributed by atoms with E-state index < -0.39 is 5.97 Å². The molecule has 0 aromatic carbocycles. The van der Waals surface area contributed by atoms with Gasteiger partial charge in [-0.2, -0.15) is 0 Å². The molecule has 228 valence electrons. The van der Waals surface area contributed by atoms with Gasteiger partial charge in [-0.05, 0) is 86.4 Å². The van der Waals surface area contributed by atoms with E-state index in [-0.39, 0.29) is 22.6 Å². The quantitative estimate of drug-likeness (QED) is 0.127. The van der Waals surface area contributed by atoms with Gasteiger partial charge in [0.05, 0.1) is 13.2 Å². The number of esters is 2. The Labute approximate surface area is 284 Å². The number of alkyl halides is 1. The van der Waals surface area contributed by atoms with Crippen LogP contribution in [0.5, 0.6) is 0 Å². The van der Waals surface area contributed by atoms with Crippen molar-refractivity contribution in [1.82, 2.24) is 0 Å². The monoisotopic (exact) mass is 1030 g/mol. The van der Waals surface area contributed by atoms with E-state index in [1.54, 1.807) is 0 Å². The van der Waals surface area contributed by atoms with Crippen LogP contribution in [0.2, 0.25) is 0 Å². The molecule has 11 heteroatoms. The molecule has 38 heavy (non-hydrogen) atoms. The number of hydrogen-bond donors (Lipinski definition) is 2. The van der Waals surface area contributed by atoms with Gasteiger partial charge < -0.3 is 19.7 Å². The summed E-state index contributed by atoms with van der Waals surface area (Å²) in [5, 5.41) is 16.2. The summed E-state index contributed by atoms with van der Waals surface area (Å²) in [6.07, 6.45) is 11.9. The average molecular weight is 1030 g/mol. The molecule has 1 saturated heterocycles. The molecule has 3 rings (SSSR count). The molecule has 2 saturated carbocycles. The van der Waals surface area contributed by atoms with Crippen molar-refractivity contribution in [3.8, 4) is 0 Å². The number of hydrogen-bond acceptors (Lipinski definition) is 6. The fourth-order valence-corrected chi connectivity index (χ4v) is 4.71. The number of carbonyl (C=O) groups excluding carboxylic acids is 2. The molecule has 2 aliphatic carbocycles. The standard InChI is InChI=1S/C12H20O2.C9H18O.C4H6O2.CH3I.CH4O.3HI.V/c1-9(2)10-3-6-12(7-4-10)8-5-11(13)14-12;1-7(2)8-3-5-9(10)6-4-8;1-3-4(5)6-2;2*1-2;;;;/h9-10H,3-8H2,1-2H3;7-10H,3-6H2,1-2H3;3H,1H2,2H3;1H3;2H,1H3;3*1H;/q;;;;;;;;+3/p-3. The Hall–Kier alpha value is 2.10. The van der Waals surface area contributed by atoms with Gasteiger partial charge in [-0.25, -0.2) is 4.79 Å². The van der Waals surface area contributed by atoms with Crippen molar-refractivity contribution in [2.24, 2.45) is 23.7 Å². The van der Waals surface area contributed by atoms with E-state index >= 15 is 0 Å². The van der Waals surface area contributed by atoms with E-state index in [9.17, 15) is 14.7 Å². The fourth-order valence-electron chi connectivity index (χ4n) is 4.71. The molecule has 1 aliphatic heterocycles. The molecule has 1 spiro atoms. The number of aliphatic hydroxyl groups is 2. The van der Waals surface area contributed by atoms with Gasteiger partial charge in [0.1, 0.15) is 5.60 Å². The van der Waals surface area contributed by atoms with Crippen molar-refractivity contribution in [2.45, 2.75) is 104 Å². The maximum atomic E-state index is 11.1. The van der Waals surface area contributed by atoms with Gasteiger partial charge in [-0.1, -0.05) is 56.9 Å². The van der Waals surface area contributed by atoms with E-state index in [1.807, 2.05) is 4.93 Å². The van der Waals surface area contributed by atoms with Crippen LogP contribution in [0, 0.1) is 23.7 Å². The molecule has 3 fully saturated rings. The van der Waals surface area contributed by atoms with Crippen molar-refractivity contribution in [3.63, 3.8) is 0 Å². The zero-order valence-corrected chi connectivity index (χ0v) is 34.3. The zero-order valence-electron chi connectivity index (χ0n) is 24.2. The number of ether oxygens (including phenoxy) is 2. The first-order valence-electron chi connectivity index (χ1n) is 13.1.